The van der Waals surface area contributed by atoms with Gasteiger partial charge in [0.2, 0.25) is 27.6 Å². The second-order valence-corrected chi connectivity index (χ2v) is 9.22. The Morgan fingerprint density at radius 1 is 1.06 bits per heavy atom. The van der Waals surface area contributed by atoms with Gasteiger partial charge in [-0.1, -0.05) is 35.5 Å². The van der Waals surface area contributed by atoms with Crippen molar-refractivity contribution < 1.29 is 22.5 Å². The molecule has 1 heterocycles. The maximum Gasteiger partial charge on any atom is 0.246 e. The van der Waals surface area contributed by atoms with Crippen LogP contribution >= 0.6 is 0 Å². The molecule has 0 N–H and O–H groups in total. The van der Waals surface area contributed by atoms with E-state index in [0.29, 0.717) is 12.4 Å². The number of hydrogen-bond acceptors (Lipinski definition) is 7. The molecule has 3 aromatic rings. The van der Waals surface area contributed by atoms with Crippen LogP contribution in [0, 0.1) is 0 Å². The van der Waals surface area contributed by atoms with Crippen LogP contribution in [0.5, 0.6) is 5.75 Å². The van der Waals surface area contributed by atoms with Crippen LogP contribution in [0.3, 0.4) is 0 Å². The molecule has 0 aliphatic heterocycles. The predicted molar refractivity (Wildman–Crippen MR) is 119 cm³/mol. The molecule has 0 fully saturated rings. The van der Waals surface area contributed by atoms with Crippen LogP contribution in [0.2, 0.25) is 0 Å². The topological polar surface area (TPSA) is 106 Å². The summed E-state index contributed by atoms with van der Waals surface area (Å²) in [6, 6.07) is 16.4. The molecule has 0 saturated carbocycles. The first kappa shape index (κ1) is 23.4. The molecular weight excluding hydrogens is 432 g/mol. The third-order valence-electron chi connectivity index (χ3n) is 4.67. The summed E-state index contributed by atoms with van der Waals surface area (Å²) in [7, 11) is -2.02. The van der Waals surface area contributed by atoms with Gasteiger partial charge in [0.15, 0.2) is 0 Å². The predicted octanol–water partition coefficient (Wildman–Crippen LogP) is 2.56. The van der Waals surface area contributed by atoms with Crippen LogP contribution in [-0.4, -0.2) is 60.1 Å². The van der Waals surface area contributed by atoms with Gasteiger partial charge >= 0.3 is 0 Å². The van der Waals surface area contributed by atoms with Crippen LogP contribution in [0.4, 0.5) is 0 Å². The lowest BCUT2D eigenvalue weighted by Crippen LogP contribution is -2.40. The zero-order valence-electron chi connectivity index (χ0n) is 18.3. The zero-order chi connectivity index (χ0) is 23.1. The molecule has 10 heteroatoms. The van der Waals surface area contributed by atoms with Gasteiger partial charge in [-0.15, -0.1) is 0 Å². The van der Waals surface area contributed by atoms with Crippen molar-refractivity contribution in [2.75, 3.05) is 26.5 Å². The van der Waals surface area contributed by atoms with Crippen molar-refractivity contribution in [1.29, 1.82) is 0 Å². The molecule has 170 valence electrons. The Bertz CT molecular complexity index is 1130. The van der Waals surface area contributed by atoms with Crippen molar-refractivity contribution in [3.8, 4) is 17.1 Å². The van der Waals surface area contributed by atoms with Crippen molar-refractivity contribution in [1.82, 2.24) is 19.3 Å². The van der Waals surface area contributed by atoms with E-state index in [-0.39, 0.29) is 31.4 Å². The van der Waals surface area contributed by atoms with Gasteiger partial charge in [-0.05, 0) is 36.8 Å². The average molecular weight is 459 g/mol. The van der Waals surface area contributed by atoms with Crippen molar-refractivity contribution in [2.45, 2.75) is 20.0 Å². The van der Waals surface area contributed by atoms with Gasteiger partial charge in [-0.25, -0.2) is 8.42 Å². The molecule has 1 amide bonds. The van der Waals surface area contributed by atoms with E-state index >= 15 is 0 Å². The number of rotatable bonds is 10. The maximum atomic E-state index is 12.7. The maximum absolute atomic E-state index is 12.7. The normalized spacial score (nSPS) is 11.5. The fraction of sp³-hybridized carbons (Fsp3) is 0.318. The third kappa shape index (κ3) is 6.38. The second-order valence-electron chi connectivity index (χ2n) is 7.24. The van der Waals surface area contributed by atoms with Gasteiger partial charge in [0.25, 0.3) is 0 Å². The van der Waals surface area contributed by atoms with E-state index in [1.807, 2.05) is 61.5 Å². The van der Waals surface area contributed by atoms with E-state index in [0.717, 1.165) is 27.4 Å². The number of aromatic nitrogens is 2. The standard InChI is InChI=1S/C22H26N4O5S/c1-4-30-19-12-10-18(11-13-19)22-23-20(31-24-22)15-25(2)21(27)16-26(32(3,28)29)14-17-8-6-5-7-9-17/h5-13H,4,14-16H2,1-3H3. The Morgan fingerprint density at radius 2 is 1.75 bits per heavy atom. The Hall–Kier alpha value is -3.24. The minimum Gasteiger partial charge on any atom is -0.494 e. The fourth-order valence-electron chi connectivity index (χ4n) is 2.94. The van der Waals surface area contributed by atoms with Crippen LogP contribution in [0.1, 0.15) is 18.4 Å². The van der Waals surface area contributed by atoms with Crippen molar-refractivity contribution in [3.63, 3.8) is 0 Å². The molecule has 32 heavy (non-hydrogen) atoms. The molecule has 0 radical (unpaired) electrons. The molecule has 0 bridgehead atoms. The van der Waals surface area contributed by atoms with E-state index in [1.54, 1.807) is 7.05 Å². The lowest BCUT2D eigenvalue weighted by atomic mass is 10.2. The summed E-state index contributed by atoms with van der Waals surface area (Å²) in [6.45, 7) is 2.37. The smallest absolute Gasteiger partial charge is 0.246 e. The molecule has 0 aliphatic carbocycles. The highest BCUT2D eigenvalue weighted by Crippen LogP contribution is 2.20. The molecular formula is C22H26N4O5S. The number of amides is 1. The highest BCUT2D eigenvalue weighted by Gasteiger charge is 2.23. The molecule has 1 aromatic heterocycles. The number of benzene rings is 2. The number of likely N-dealkylation sites (N-methyl/N-ethyl adjacent to an activating group) is 1. The largest absolute Gasteiger partial charge is 0.494 e. The van der Waals surface area contributed by atoms with Gasteiger partial charge in [0.1, 0.15) is 5.75 Å². The molecule has 3 rings (SSSR count). The molecule has 0 aliphatic rings. The van der Waals surface area contributed by atoms with E-state index in [2.05, 4.69) is 10.1 Å². The number of ether oxygens (including phenoxy) is 1. The van der Waals surface area contributed by atoms with E-state index in [1.165, 1.54) is 4.90 Å². The summed E-state index contributed by atoms with van der Waals surface area (Å²) in [5.41, 5.74) is 1.55. The Morgan fingerprint density at radius 3 is 2.38 bits per heavy atom. The first-order chi connectivity index (χ1) is 15.3. The van der Waals surface area contributed by atoms with Crippen molar-refractivity contribution in [2.24, 2.45) is 0 Å². The number of carbonyl (C=O) groups excluding carboxylic acids is 1. The van der Waals surface area contributed by atoms with Gasteiger partial charge < -0.3 is 14.2 Å². The number of hydrogen-bond donors (Lipinski definition) is 0. The van der Waals surface area contributed by atoms with Crippen LogP contribution in [-0.2, 0) is 27.9 Å². The summed E-state index contributed by atoms with van der Waals surface area (Å²) >= 11 is 0. The number of nitrogens with zero attached hydrogens (tertiary/aromatic N) is 4. The monoisotopic (exact) mass is 458 g/mol. The summed E-state index contributed by atoms with van der Waals surface area (Å²) in [4.78, 5) is 18.4. The van der Waals surface area contributed by atoms with Gasteiger partial charge in [0, 0.05) is 19.2 Å². The summed E-state index contributed by atoms with van der Waals surface area (Å²) in [6.07, 6.45) is 1.09. The van der Waals surface area contributed by atoms with Gasteiger partial charge in [-0.2, -0.15) is 9.29 Å². The van der Waals surface area contributed by atoms with Crippen LogP contribution in [0.25, 0.3) is 11.4 Å². The van der Waals surface area contributed by atoms with Gasteiger partial charge in [-0.3, -0.25) is 4.79 Å². The quantitative estimate of drug-likeness (QED) is 0.460. The average Bonchev–Trinajstić information content (AvgIpc) is 3.22. The van der Waals surface area contributed by atoms with E-state index in [9.17, 15) is 13.2 Å². The second kappa shape index (κ2) is 10.4. The van der Waals surface area contributed by atoms with Crippen LogP contribution < -0.4 is 4.74 Å². The van der Waals surface area contributed by atoms with Gasteiger partial charge in [0.05, 0.1) is 26.0 Å². The SMILES string of the molecule is CCOc1ccc(-c2noc(CN(C)C(=O)CN(Cc3ccccc3)S(C)(=O)=O)n2)cc1. The molecule has 2 aromatic carbocycles. The minimum absolute atomic E-state index is 0.0613. The number of carbonyl (C=O) groups is 1. The molecule has 0 spiro atoms. The Balaban J connectivity index is 1.63. The molecule has 0 atom stereocenters. The molecule has 9 nitrogen and oxygen atoms in total. The first-order valence-corrected chi connectivity index (χ1v) is 11.9. The summed E-state index contributed by atoms with van der Waals surface area (Å²) < 4.78 is 36.2. The first-order valence-electron chi connectivity index (χ1n) is 10.0. The van der Waals surface area contributed by atoms with Crippen molar-refractivity contribution >= 4 is 15.9 Å². The highest BCUT2D eigenvalue weighted by molar-refractivity contribution is 7.88. The third-order valence-corrected chi connectivity index (χ3v) is 5.87. The number of sulfonamides is 1. The Kier molecular flexibility index (Phi) is 7.60. The van der Waals surface area contributed by atoms with E-state index < -0.39 is 10.0 Å². The zero-order valence-corrected chi connectivity index (χ0v) is 19.1. The lowest BCUT2D eigenvalue weighted by Gasteiger charge is -2.22. The highest BCUT2D eigenvalue weighted by atomic mass is 32.2. The summed E-state index contributed by atoms with van der Waals surface area (Å²) in [5, 5.41) is 3.96. The van der Waals surface area contributed by atoms with Crippen molar-refractivity contribution in [3.05, 3.63) is 66.1 Å². The minimum atomic E-state index is -3.58. The molecule has 0 unspecified atom stereocenters. The lowest BCUT2D eigenvalue weighted by molar-refractivity contribution is -0.131. The Labute approximate surface area is 187 Å². The molecule has 0 saturated heterocycles. The fourth-order valence-corrected chi connectivity index (χ4v) is 3.67. The van der Waals surface area contributed by atoms with Crippen LogP contribution in [0.15, 0.2) is 59.1 Å². The van der Waals surface area contributed by atoms with E-state index in [4.69, 9.17) is 9.26 Å². The summed E-state index contributed by atoms with van der Waals surface area (Å²) in [5.74, 6) is 1.01.